The lowest BCUT2D eigenvalue weighted by Crippen LogP contribution is -2.18. The average molecular weight is 421 g/mol. The van der Waals surface area contributed by atoms with Crippen LogP contribution in [-0.2, 0) is 6.54 Å². The molecule has 0 unspecified atom stereocenters. The molecule has 0 radical (unpaired) electrons. The molecule has 0 saturated carbocycles. The van der Waals surface area contributed by atoms with Gasteiger partial charge in [-0.05, 0) is 19.1 Å². The molecule has 0 fully saturated rings. The summed E-state index contributed by atoms with van der Waals surface area (Å²) in [5.74, 6) is 0.0102. The molecule has 3 aromatic rings. The summed E-state index contributed by atoms with van der Waals surface area (Å²) in [4.78, 5) is 8.85. The van der Waals surface area contributed by atoms with Gasteiger partial charge < -0.3 is 8.94 Å². The Morgan fingerprint density at radius 1 is 1.19 bits per heavy atom. The Hall–Kier alpha value is -3.88. The maximum atomic E-state index is 14.2. The van der Waals surface area contributed by atoms with Crippen molar-refractivity contribution >= 4 is 11.9 Å². The summed E-state index contributed by atoms with van der Waals surface area (Å²) in [6.45, 7) is 3.90. The molecule has 2 aliphatic heterocycles. The molecule has 2 aromatic heterocycles. The number of rotatable bonds is 4. The molecule has 0 aliphatic carbocycles. The minimum atomic E-state index is -0.896. The number of nitrogens with zero attached hydrogens (tertiary/aromatic N) is 5. The molecule has 0 amide bonds. The van der Waals surface area contributed by atoms with Crippen molar-refractivity contribution in [2.24, 2.45) is 10.1 Å². The summed E-state index contributed by atoms with van der Waals surface area (Å²) in [5, 5.41) is 10.1. The summed E-state index contributed by atoms with van der Waals surface area (Å²) < 4.78 is 38.7. The van der Waals surface area contributed by atoms with Gasteiger partial charge in [-0.25, -0.2) is 13.8 Å². The quantitative estimate of drug-likeness (QED) is 0.611. The van der Waals surface area contributed by atoms with Crippen LogP contribution in [0.25, 0.3) is 11.4 Å². The molecule has 5 rings (SSSR count). The van der Waals surface area contributed by atoms with E-state index in [4.69, 9.17) is 8.94 Å². The summed E-state index contributed by atoms with van der Waals surface area (Å²) >= 11 is 0. The van der Waals surface area contributed by atoms with Crippen LogP contribution in [0.15, 0.2) is 66.8 Å². The molecule has 0 spiro atoms. The number of benzene rings is 1. The molecule has 0 N–H and O–H groups in total. The van der Waals surface area contributed by atoms with Crippen molar-refractivity contribution in [3.8, 4) is 11.4 Å². The molecule has 4 heterocycles. The number of hydrogen-bond acceptors (Lipinski definition) is 7. The van der Waals surface area contributed by atoms with E-state index in [-0.39, 0.29) is 5.56 Å². The topological polar surface area (TPSA) is 80.0 Å². The third-order valence-corrected chi connectivity index (χ3v) is 4.97. The second kappa shape index (κ2) is 7.42. The molecular formula is C22H17F2N5O2. The fourth-order valence-electron chi connectivity index (χ4n) is 3.51. The molecule has 0 bridgehead atoms. The Morgan fingerprint density at radius 2 is 2.06 bits per heavy atom. The highest BCUT2D eigenvalue weighted by atomic mass is 19.2. The number of oxazole rings is 1. The third-order valence-electron chi connectivity index (χ3n) is 4.97. The van der Waals surface area contributed by atoms with Gasteiger partial charge in [-0.2, -0.15) is 5.10 Å². The number of aromatic nitrogens is 2. The Morgan fingerprint density at radius 3 is 2.87 bits per heavy atom. The zero-order chi connectivity index (χ0) is 21.5. The lowest BCUT2D eigenvalue weighted by atomic mass is 10.0. The van der Waals surface area contributed by atoms with E-state index in [1.54, 1.807) is 30.4 Å². The highest BCUT2D eigenvalue weighted by molar-refractivity contribution is 6.05. The second-order valence-corrected chi connectivity index (χ2v) is 7.20. The summed E-state index contributed by atoms with van der Waals surface area (Å²) in [5.41, 5.74) is 3.27. The molecule has 0 saturated heterocycles. The van der Waals surface area contributed by atoms with E-state index in [0.29, 0.717) is 53.2 Å². The van der Waals surface area contributed by atoms with Crippen LogP contribution in [-0.4, -0.2) is 27.1 Å². The van der Waals surface area contributed by atoms with E-state index in [1.807, 2.05) is 13.0 Å². The van der Waals surface area contributed by atoms with Crippen molar-refractivity contribution in [1.82, 2.24) is 15.1 Å². The number of hydrogen-bond donors (Lipinski definition) is 0. The van der Waals surface area contributed by atoms with Gasteiger partial charge in [0.15, 0.2) is 23.3 Å². The van der Waals surface area contributed by atoms with Crippen molar-refractivity contribution in [3.05, 3.63) is 82.4 Å². The molecule has 31 heavy (non-hydrogen) atoms. The number of aliphatic imine (C=N–C) groups is 1. The van der Waals surface area contributed by atoms with E-state index >= 15 is 0 Å². The van der Waals surface area contributed by atoms with Crippen LogP contribution in [0.5, 0.6) is 0 Å². The molecular weight excluding hydrogens is 404 g/mol. The minimum Gasteiger partial charge on any atom is -0.446 e. The first-order valence-electron chi connectivity index (χ1n) is 9.63. The Balaban J connectivity index is 1.38. The van der Waals surface area contributed by atoms with E-state index in [2.05, 4.69) is 20.2 Å². The van der Waals surface area contributed by atoms with Crippen LogP contribution in [0.3, 0.4) is 0 Å². The molecule has 7 nitrogen and oxygen atoms in total. The normalized spacial score (nSPS) is 15.5. The van der Waals surface area contributed by atoms with E-state index < -0.39 is 11.6 Å². The van der Waals surface area contributed by atoms with Crippen molar-refractivity contribution in [2.45, 2.75) is 26.8 Å². The lowest BCUT2D eigenvalue weighted by molar-refractivity contribution is 0.305. The van der Waals surface area contributed by atoms with Gasteiger partial charge in [0.2, 0.25) is 0 Å². The smallest absolute Gasteiger partial charge is 0.191 e. The molecule has 9 heteroatoms. The lowest BCUT2D eigenvalue weighted by Gasteiger charge is -2.22. The van der Waals surface area contributed by atoms with E-state index in [9.17, 15) is 8.78 Å². The molecule has 1 aromatic carbocycles. The number of fused-ring (bicyclic) bond motifs is 1. The zero-order valence-electron chi connectivity index (χ0n) is 16.8. The number of dihydropyridines is 1. The van der Waals surface area contributed by atoms with Crippen LogP contribution in [0, 0.1) is 25.5 Å². The first-order valence-corrected chi connectivity index (χ1v) is 9.63. The van der Waals surface area contributed by atoms with Crippen LogP contribution in [0.4, 0.5) is 8.78 Å². The monoisotopic (exact) mass is 421 g/mol. The first-order chi connectivity index (χ1) is 15.0. The summed E-state index contributed by atoms with van der Waals surface area (Å²) in [6.07, 6.45) is 5.69. The fraction of sp³-hybridized carbons (Fsp3) is 0.182. The fourth-order valence-corrected chi connectivity index (χ4v) is 3.51. The second-order valence-electron chi connectivity index (χ2n) is 7.20. The average Bonchev–Trinajstić information content (AvgIpc) is 3.35. The first kappa shape index (κ1) is 19.1. The van der Waals surface area contributed by atoms with Gasteiger partial charge in [0.1, 0.15) is 23.7 Å². The maximum Gasteiger partial charge on any atom is 0.191 e. The highest BCUT2D eigenvalue weighted by Gasteiger charge is 2.21. The van der Waals surface area contributed by atoms with Gasteiger partial charge in [0.05, 0.1) is 23.8 Å². The zero-order valence-corrected chi connectivity index (χ0v) is 16.8. The van der Waals surface area contributed by atoms with Crippen molar-refractivity contribution in [3.63, 3.8) is 0 Å². The molecule has 2 aliphatic rings. The molecule has 156 valence electrons. The van der Waals surface area contributed by atoms with Crippen LogP contribution >= 0.6 is 0 Å². The predicted molar refractivity (Wildman–Crippen MR) is 109 cm³/mol. The van der Waals surface area contributed by atoms with Gasteiger partial charge >= 0.3 is 0 Å². The minimum absolute atomic E-state index is 0.156. The van der Waals surface area contributed by atoms with Gasteiger partial charge in [-0.15, -0.1) is 0 Å². The van der Waals surface area contributed by atoms with Crippen molar-refractivity contribution in [2.75, 3.05) is 0 Å². The predicted octanol–water partition coefficient (Wildman–Crippen LogP) is 4.69. The van der Waals surface area contributed by atoms with Crippen LogP contribution in [0.1, 0.15) is 29.4 Å². The number of hydrazone groups is 1. The maximum absolute atomic E-state index is 14.2. The largest absolute Gasteiger partial charge is 0.446 e. The standard InChI is InChI=1S/C22H17F2N5O2/c1-12-22(26-13(2)30-12)19-8-15(31-28-19)10-29-11-20-14(9-25-29)6-7-18(27-20)16-4-3-5-17(23)21(16)24/h3-6,8-9,11H,7,10H2,1-2H3. The number of aryl methyl sites for hydroxylation is 2. The Kier molecular flexibility index (Phi) is 4.58. The van der Waals surface area contributed by atoms with Crippen LogP contribution < -0.4 is 0 Å². The third kappa shape index (κ3) is 3.58. The van der Waals surface area contributed by atoms with E-state index in [0.717, 1.165) is 11.6 Å². The SMILES string of the molecule is Cc1nc(-c2cc(CN3C=C4N=C(c5cccc(F)c5F)CC=C4C=N3)on2)c(C)o1. The van der Waals surface area contributed by atoms with Crippen molar-refractivity contribution in [1.29, 1.82) is 0 Å². The van der Waals surface area contributed by atoms with Crippen LogP contribution in [0.2, 0.25) is 0 Å². The van der Waals surface area contributed by atoms with E-state index in [1.165, 1.54) is 12.1 Å². The van der Waals surface area contributed by atoms with Gasteiger partial charge in [-0.1, -0.05) is 17.3 Å². The van der Waals surface area contributed by atoms with Crippen molar-refractivity contribution < 1.29 is 17.7 Å². The van der Waals surface area contributed by atoms with Gasteiger partial charge in [-0.3, -0.25) is 10.0 Å². The number of halogens is 2. The van der Waals surface area contributed by atoms with Gasteiger partial charge in [0, 0.05) is 30.5 Å². The summed E-state index contributed by atoms with van der Waals surface area (Å²) in [7, 11) is 0. The summed E-state index contributed by atoms with van der Waals surface area (Å²) in [6, 6.07) is 5.86. The van der Waals surface area contributed by atoms with Gasteiger partial charge in [0.25, 0.3) is 0 Å². The Bertz CT molecular complexity index is 1300. The highest BCUT2D eigenvalue weighted by Crippen LogP contribution is 2.27. The number of allylic oxidation sites excluding steroid dienone is 2. The Labute approximate surface area is 176 Å². The molecule has 0 atom stereocenters.